The first kappa shape index (κ1) is 11.0. The lowest BCUT2D eigenvalue weighted by Gasteiger charge is -2.34. The summed E-state index contributed by atoms with van der Waals surface area (Å²) >= 11 is 0. The smallest absolute Gasteiger partial charge is 0.0352 e. The maximum absolute atomic E-state index is 2.41. The Hall–Kier alpha value is 0. The highest BCUT2D eigenvalue weighted by Gasteiger charge is 2.26. The molecule has 0 aliphatic heterocycles. The summed E-state index contributed by atoms with van der Waals surface area (Å²) in [4.78, 5) is 0. The van der Waals surface area contributed by atoms with Crippen LogP contribution >= 0.6 is 0 Å². The molecule has 0 aromatic heterocycles. The van der Waals surface area contributed by atoms with E-state index in [1.807, 2.05) is 0 Å². The first-order chi connectivity index (χ1) is 4.64. The Morgan fingerprint density at radius 1 is 1.36 bits per heavy atom. The van der Waals surface area contributed by atoms with Crippen molar-refractivity contribution in [3.8, 4) is 0 Å². The Kier molecular flexibility index (Phi) is 4.13. The molecule has 0 bridgehead atoms. The zero-order valence-electron chi connectivity index (χ0n) is 7.61. The summed E-state index contributed by atoms with van der Waals surface area (Å²) in [5, 5.41) is 0. The van der Waals surface area contributed by atoms with Crippen LogP contribution < -0.4 is 0 Å². The predicted octanol–water partition coefficient (Wildman–Crippen LogP) is 4.25. The van der Waals surface area contributed by atoms with Crippen LogP contribution in [0.25, 0.3) is 0 Å². The third kappa shape index (κ3) is 3.27. The van der Waals surface area contributed by atoms with Gasteiger partial charge in [-0.2, -0.15) is 0 Å². The van der Waals surface area contributed by atoms with E-state index in [9.17, 15) is 0 Å². The maximum atomic E-state index is 2.41. The van der Waals surface area contributed by atoms with Crippen LogP contribution in [0.3, 0.4) is 0 Å². The highest BCUT2D eigenvalue weighted by Crippen LogP contribution is 2.39. The third-order valence-electron chi connectivity index (χ3n) is 2.88. The SMILES string of the molecule is C.CCC1CCCC(C)(C)C1. The van der Waals surface area contributed by atoms with Crippen molar-refractivity contribution in [3.05, 3.63) is 0 Å². The highest BCUT2D eigenvalue weighted by atomic mass is 14.3. The van der Waals surface area contributed by atoms with Crippen LogP contribution in [0.15, 0.2) is 0 Å². The van der Waals surface area contributed by atoms with Gasteiger partial charge in [0.1, 0.15) is 0 Å². The van der Waals surface area contributed by atoms with Gasteiger partial charge in [0, 0.05) is 0 Å². The fourth-order valence-electron chi connectivity index (χ4n) is 2.20. The van der Waals surface area contributed by atoms with Gasteiger partial charge in [0.25, 0.3) is 0 Å². The van der Waals surface area contributed by atoms with Gasteiger partial charge in [0.15, 0.2) is 0 Å². The van der Waals surface area contributed by atoms with Crippen LogP contribution in [0.4, 0.5) is 0 Å². The monoisotopic (exact) mass is 156 g/mol. The standard InChI is InChI=1S/C10H20.CH4/c1-4-9-6-5-7-10(2,3)8-9;/h9H,4-8H2,1-3H3;1H4. The summed E-state index contributed by atoms with van der Waals surface area (Å²) in [6.07, 6.45) is 7.25. The van der Waals surface area contributed by atoms with E-state index in [0.717, 1.165) is 5.92 Å². The molecule has 11 heavy (non-hydrogen) atoms. The molecule has 0 heterocycles. The van der Waals surface area contributed by atoms with Gasteiger partial charge in [-0.1, -0.05) is 47.5 Å². The molecular weight excluding hydrogens is 132 g/mol. The highest BCUT2D eigenvalue weighted by molar-refractivity contribution is 4.78. The summed E-state index contributed by atoms with van der Waals surface area (Å²) in [7, 11) is 0. The molecule has 0 radical (unpaired) electrons. The average Bonchev–Trinajstić information content (AvgIpc) is 1.86. The van der Waals surface area contributed by atoms with E-state index in [-0.39, 0.29) is 7.43 Å². The first-order valence-electron chi connectivity index (χ1n) is 4.64. The summed E-state index contributed by atoms with van der Waals surface area (Å²) in [5.41, 5.74) is 0.652. The van der Waals surface area contributed by atoms with Crippen molar-refractivity contribution in [3.63, 3.8) is 0 Å². The largest absolute Gasteiger partial charge is 0.0776 e. The number of hydrogen-bond donors (Lipinski definition) is 0. The molecular formula is C11H24. The van der Waals surface area contributed by atoms with Gasteiger partial charge in [0.05, 0.1) is 0 Å². The first-order valence-corrected chi connectivity index (χ1v) is 4.64. The van der Waals surface area contributed by atoms with Crippen LogP contribution in [-0.4, -0.2) is 0 Å². The van der Waals surface area contributed by atoms with Gasteiger partial charge in [-0.25, -0.2) is 0 Å². The molecule has 1 aliphatic carbocycles. The van der Waals surface area contributed by atoms with E-state index in [1.54, 1.807) is 0 Å². The van der Waals surface area contributed by atoms with Crippen molar-refractivity contribution in [1.82, 2.24) is 0 Å². The van der Waals surface area contributed by atoms with Gasteiger partial charge in [0.2, 0.25) is 0 Å². The molecule has 0 spiro atoms. The number of hydrogen-bond acceptors (Lipinski definition) is 0. The van der Waals surface area contributed by atoms with E-state index in [1.165, 1.54) is 32.1 Å². The Morgan fingerprint density at radius 3 is 2.36 bits per heavy atom. The third-order valence-corrected chi connectivity index (χ3v) is 2.88. The van der Waals surface area contributed by atoms with E-state index in [0.29, 0.717) is 5.41 Å². The Bertz CT molecular complexity index is 103. The molecule has 0 saturated heterocycles. The van der Waals surface area contributed by atoms with Crippen LogP contribution in [0.2, 0.25) is 0 Å². The Morgan fingerprint density at radius 2 is 2.00 bits per heavy atom. The van der Waals surface area contributed by atoms with Crippen LogP contribution in [0.1, 0.15) is 60.3 Å². The normalized spacial score (nSPS) is 29.2. The van der Waals surface area contributed by atoms with Crippen LogP contribution in [0, 0.1) is 11.3 Å². The van der Waals surface area contributed by atoms with Gasteiger partial charge in [-0.05, 0) is 24.2 Å². The van der Waals surface area contributed by atoms with Crippen molar-refractivity contribution in [2.75, 3.05) is 0 Å². The second-order valence-corrected chi connectivity index (χ2v) is 4.53. The fraction of sp³-hybridized carbons (Fsp3) is 1.00. The summed E-state index contributed by atoms with van der Waals surface area (Å²) in [6, 6.07) is 0. The summed E-state index contributed by atoms with van der Waals surface area (Å²) in [6.45, 7) is 7.15. The molecule has 0 N–H and O–H groups in total. The van der Waals surface area contributed by atoms with E-state index >= 15 is 0 Å². The summed E-state index contributed by atoms with van der Waals surface area (Å²) < 4.78 is 0. The Balaban J connectivity index is 0.000001000. The maximum Gasteiger partial charge on any atom is -0.0352 e. The molecule has 1 unspecified atom stereocenters. The zero-order valence-corrected chi connectivity index (χ0v) is 7.61. The van der Waals surface area contributed by atoms with E-state index < -0.39 is 0 Å². The van der Waals surface area contributed by atoms with E-state index in [4.69, 9.17) is 0 Å². The number of rotatable bonds is 1. The van der Waals surface area contributed by atoms with Crippen molar-refractivity contribution in [2.24, 2.45) is 11.3 Å². The molecule has 1 fully saturated rings. The van der Waals surface area contributed by atoms with Gasteiger partial charge < -0.3 is 0 Å². The quantitative estimate of drug-likeness (QED) is 0.532. The van der Waals surface area contributed by atoms with Gasteiger partial charge in [-0.15, -0.1) is 0 Å². The lowest BCUT2D eigenvalue weighted by atomic mass is 9.71. The second kappa shape index (κ2) is 4.13. The minimum atomic E-state index is 0. The predicted molar refractivity (Wildman–Crippen MR) is 52.8 cm³/mol. The molecule has 1 saturated carbocycles. The molecule has 1 aliphatic rings. The lowest BCUT2D eigenvalue weighted by molar-refractivity contribution is 0.177. The van der Waals surface area contributed by atoms with Crippen LogP contribution in [0.5, 0.6) is 0 Å². The van der Waals surface area contributed by atoms with Crippen molar-refractivity contribution in [2.45, 2.75) is 60.3 Å². The van der Waals surface area contributed by atoms with Crippen molar-refractivity contribution in [1.29, 1.82) is 0 Å². The molecule has 1 rings (SSSR count). The molecule has 0 amide bonds. The zero-order chi connectivity index (χ0) is 7.61. The molecule has 0 nitrogen and oxygen atoms in total. The average molecular weight is 156 g/mol. The van der Waals surface area contributed by atoms with Crippen LogP contribution in [-0.2, 0) is 0 Å². The molecule has 0 aromatic carbocycles. The van der Waals surface area contributed by atoms with Crippen molar-refractivity contribution >= 4 is 0 Å². The fourth-order valence-corrected chi connectivity index (χ4v) is 2.20. The molecule has 1 atom stereocenters. The Labute approximate surface area is 72.4 Å². The lowest BCUT2D eigenvalue weighted by Crippen LogP contribution is -2.21. The molecule has 0 heteroatoms. The second-order valence-electron chi connectivity index (χ2n) is 4.53. The topological polar surface area (TPSA) is 0 Å². The molecule has 68 valence electrons. The van der Waals surface area contributed by atoms with Gasteiger partial charge >= 0.3 is 0 Å². The molecule has 0 aromatic rings. The van der Waals surface area contributed by atoms with E-state index in [2.05, 4.69) is 20.8 Å². The minimum absolute atomic E-state index is 0. The van der Waals surface area contributed by atoms with Crippen molar-refractivity contribution < 1.29 is 0 Å². The van der Waals surface area contributed by atoms with Gasteiger partial charge in [-0.3, -0.25) is 0 Å². The minimum Gasteiger partial charge on any atom is -0.0776 e. The summed E-state index contributed by atoms with van der Waals surface area (Å²) in [5.74, 6) is 1.03.